The number of carbonyl (C=O) groups excluding carboxylic acids is 3. The fraction of sp³-hybridized carbons (Fsp3) is 0.381. The number of hydrogen-bond donors (Lipinski definition) is 1. The lowest BCUT2D eigenvalue weighted by Gasteiger charge is -2.24. The molecule has 0 aliphatic carbocycles. The summed E-state index contributed by atoms with van der Waals surface area (Å²) in [6.07, 6.45) is 1.06. The second kappa shape index (κ2) is 8.87. The Hall–Kier alpha value is -2.23. The van der Waals surface area contributed by atoms with Gasteiger partial charge in [-0.3, -0.25) is 14.4 Å². The molecule has 2 saturated heterocycles. The number of carbonyl (C=O) groups is 3. The summed E-state index contributed by atoms with van der Waals surface area (Å²) in [6, 6.07) is 7.20. The molecule has 158 valence electrons. The van der Waals surface area contributed by atoms with E-state index in [1.807, 2.05) is 30.5 Å². The molecule has 30 heavy (non-hydrogen) atoms. The Kier molecular flexibility index (Phi) is 6.21. The Bertz CT molecular complexity index is 992. The summed E-state index contributed by atoms with van der Waals surface area (Å²) < 4.78 is 6.18. The van der Waals surface area contributed by atoms with E-state index in [2.05, 4.69) is 21.2 Å². The maximum absolute atomic E-state index is 12.6. The average molecular weight is 492 g/mol. The predicted molar refractivity (Wildman–Crippen MR) is 119 cm³/mol. The van der Waals surface area contributed by atoms with Crippen molar-refractivity contribution in [2.75, 3.05) is 36.1 Å². The lowest BCUT2D eigenvalue weighted by Crippen LogP contribution is -2.37. The number of hydrogen-bond acceptors (Lipinski definition) is 5. The first kappa shape index (κ1) is 21.0. The summed E-state index contributed by atoms with van der Waals surface area (Å²) in [5.41, 5.74) is 2.54. The molecule has 0 bridgehead atoms. The molecule has 2 aliphatic rings. The highest BCUT2D eigenvalue weighted by atomic mass is 79.9. The van der Waals surface area contributed by atoms with E-state index in [1.54, 1.807) is 15.9 Å². The highest BCUT2D eigenvalue weighted by molar-refractivity contribution is 9.10. The fourth-order valence-corrected chi connectivity index (χ4v) is 5.12. The second-order valence-corrected chi connectivity index (χ2v) is 9.26. The first-order valence-electron chi connectivity index (χ1n) is 9.76. The number of thiophene rings is 1. The number of nitrogens with one attached hydrogen (secondary N) is 1. The van der Waals surface area contributed by atoms with Crippen molar-refractivity contribution in [2.45, 2.75) is 25.8 Å². The van der Waals surface area contributed by atoms with Gasteiger partial charge in [0.1, 0.15) is 6.61 Å². The van der Waals surface area contributed by atoms with Crippen LogP contribution in [0.25, 0.3) is 0 Å². The molecule has 4 rings (SSSR count). The molecule has 7 nitrogen and oxygen atoms in total. The molecule has 1 N–H and O–H groups in total. The smallest absolute Gasteiger partial charge is 0.261 e. The van der Waals surface area contributed by atoms with Crippen molar-refractivity contribution < 1.29 is 19.1 Å². The number of rotatable bonds is 4. The summed E-state index contributed by atoms with van der Waals surface area (Å²) in [5.74, 6) is -0.249. The van der Waals surface area contributed by atoms with Gasteiger partial charge in [0, 0.05) is 47.3 Å². The van der Waals surface area contributed by atoms with Gasteiger partial charge in [-0.05, 0) is 59.1 Å². The summed E-state index contributed by atoms with van der Waals surface area (Å²) in [6.45, 7) is 3.65. The van der Waals surface area contributed by atoms with Crippen LogP contribution >= 0.6 is 27.3 Å². The number of anilines is 2. The maximum atomic E-state index is 12.6. The van der Waals surface area contributed by atoms with Gasteiger partial charge in [-0.2, -0.15) is 0 Å². The van der Waals surface area contributed by atoms with Gasteiger partial charge in [0.25, 0.3) is 11.8 Å². The van der Waals surface area contributed by atoms with Gasteiger partial charge < -0.3 is 19.9 Å². The highest BCUT2D eigenvalue weighted by Gasteiger charge is 2.32. The van der Waals surface area contributed by atoms with Gasteiger partial charge in [-0.1, -0.05) is 0 Å². The first-order valence-corrected chi connectivity index (χ1v) is 11.4. The molecular formula is C21H22BrN3O4S. The standard InChI is InChI=1S/C21H22BrN3O4S/c1-13-7-16(3-4-17(13)24-5-2-6-29-11-20(24)27)25-10-15(9-19(25)26)23-21(28)18-8-14(22)12-30-18/h3-4,7-8,12,15H,2,5-6,9-11H2,1H3,(H,23,28)/t15-/m1/s1. The van der Waals surface area contributed by atoms with Gasteiger partial charge in [-0.15, -0.1) is 11.3 Å². The van der Waals surface area contributed by atoms with E-state index in [9.17, 15) is 14.4 Å². The van der Waals surface area contributed by atoms with E-state index in [0.29, 0.717) is 24.6 Å². The molecule has 0 spiro atoms. The lowest BCUT2D eigenvalue weighted by molar-refractivity contribution is -0.122. The second-order valence-electron chi connectivity index (χ2n) is 7.43. The fourth-order valence-electron chi connectivity index (χ4n) is 3.79. The number of nitrogens with zero attached hydrogens (tertiary/aromatic N) is 2. The van der Waals surface area contributed by atoms with Crippen LogP contribution in [0.1, 0.15) is 28.1 Å². The maximum Gasteiger partial charge on any atom is 0.261 e. The third kappa shape index (κ3) is 4.43. The molecule has 2 fully saturated rings. The normalized spacial score (nSPS) is 19.9. The Morgan fingerprint density at radius 3 is 2.80 bits per heavy atom. The summed E-state index contributed by atoms with van der Waals surface area (Å²) in [4.78, 5) is 41.4. The molecule has 1 aromatic heterocycles. The van der Waals surface area contributed by atoms with Crippen LogP contribution in [0, 0.1) is 6.92 Å². The molecule has 9 heteroatoms. The van der Waals surface area contributed by atoms with Gasteiger partial charge in [0.15, 0.2) is 0 Å². The van der Waals surface area contributed by atoms with Crippen molar-refractivity contribution in [3.8, 4) is 0 Å². The van der Waals surface area contributed by atoms with Crippen LogP contribution in [-0.4, -0.2) is 50.1 Å². The van der Waals surface area contributed by atoms with Crippen molar-refractivity contribution >= 4 is 56.4 Å². The minimum atomic E-state index is -0.241. The molecule has 0 radical (unpaired) electrons. The monoisotopic (exact) mass is 491 g/mol. The number of amides is 3. The summed E-state index contributed by atoms with van der Waals surface area (Å²) in [7, 11) is 0. The minimum Gasteiger partial charge on any atom is -0.372 e. The Balaban J connectivity index is 1.46. The molecule has 1 atom stereocenters. The Morgan fingerprint density at radius 2 is 2.07 bits per heavy atom. The van der Waals surface area contributed by atoms with Crippen LogP contribution in [0.2, 0.25) is 0 Å². The molecule has 3 heterocycles. The van der Waals surface area contributed by atoms with E-state index in [0.717, 1.165) is 27.8 Å². The summed E-state index contributed by atoms with van der Waals surface area (Å²) in [5, 5.41) is 4.80. The number of halogens is 1. The van der Waals surface area contributed by atoms with Crippen molar-refractivity contribution in [1.82, 2.24) is 5.32 Å². The van der Waals surface area contributed by atoms with Crippen molar-refractivity contribution in [1.29, 1.82) is 0 Å². The van der Waals surface area contributed by atoms with Crippen molar-refractivity contribution in [3.05, 3.63) is 44.6 Å². The van der Waals surface area contributed by atoms with Crippen LogP contribution in [0.15, 0.2) is 34.1 Å². The minimum absolute atomic E-state index is 0.0286. The molecule has 2 aromatic rings. The summed E-state index contributed by atoms with van der Waals surface area (Å²) >= 11 is 4.71. The van der Waals surface area contributed by atoms with Gasteiger partial charge in [-0.25, -0.2) is 0 Å². The van der Waals surface area contributed by atoms with E-state index in [-0.39, 0.29) is 36.8 Å². The topological polar surface area (TPSA) is 79.0 Å². The van der Waals surface area contributed by atoms with E-state index in [1.165, 1.54) is 11.3 Å². The quantitative estimate of drug-likeness (QED) is 0.712. The molecule has 2 aliphatic heterocycles. The van der Waals surface area contributed by atoms with E-state index < -0.39 is 0 Å². The Labute approximate surface area is 187 Å². The van der Waals surface area contributed by atoms with Crippen LogP contribution in [0.3, 0.4) is 0 Å². The van der Waals surface area contributed by atoms with Crippen molar-refractivity contribution in [2.24, 2.45) is 0 Å². The van der Waals surface area contributed by atoms with Gasteiger partial charge in [0.05, 0.1) is 10.9 Å². The van der Waals surface area contributed by atoms with Crippen molar-refractivity contribution in [3.63, 3.8) is 0 Å². The van der Waals surface area contributed by atoms with Crippen LogP contribution in [0.4, 0.5) is 11.4 Å². The van der Waals surface area contributed by atoms with Gasteiger partial charge >= 0.3 is 0 Å². The van der Waals surface area contributed by atoms with Crippen LogP contribution < -0.4 is 15.1 Å². The zero-order chi connectivity index (χ0) is 21.3. The SMILES string of the molecule is Cc1cc(N2C[C@H](NC(=O)c3cc(Br)cs3)CC2=O)ccc1N1CCCOCC1=O. The van der Waals surface area contributed by atoms with E-state index in [4.69, 9.17) is 4.74 Å². The first-order chi connectivity index (χ1) is 14.4. The third-order valence-electron chi connectivity index (χ3n) is 5.23. The third-order valence-corrected chi connectivity index (χ3v) is 6.92. The van der Waals surface area contributed by atoms with E-state index >= 15 is 0 Å². The zero-order valence-corrected chi connectivity index (χ0v) is 18.9. The molecule has 0 unspecified atom stereocenters. The number of ether oxygens (including phenoxy) is 1. The molecule has 3 amide bonds. The lowest BCUT2D eigenvalue weighted by atomic mass is 10.1. The number of benzene rings is 1. The predicted octanol–water partition coefficient (Wildman–Crippen LogP) is 3.11. The molecular weight excluding hydrogens is 470 g/mol. The van der Waals surface area contributed by atoms with Crippen LogP contribution in [-0.2, 0) is 14.3 Å². The molecule has 0 saturated carbocycles. The Morgan fingerprint density at radius 1 is 1.23 bits per heavy atom. The molecule has 1 aromatic carbocycles. The largest absolute Gasteiger partial charge is 0.372 e. The highest BCUT2D eigenvalue weighted by Crippen LogP contribution is 2.29. The van der Waals surface area contributed by atoms with Gasteiger partial charge in [0.2, 0.25) is 5.91 Å². The zero-order valence-electron chi connectivity index (χ0n) is 16.5. The average Bonchev–Trinajstić information content (AvgIpc) is 3.23. The van der Waals surface area contributed by atoms with Crippen LogP contribution in [0.5, 0.6) is 0 Å². The number of aryl methyl sites for hydroxylation is 1.